The second-order valence-corrected chi connectivity index (χ2v) is 6.36. The van der Waals surface area contributed by atoms with Crippen molar-refractivity contribution in [1.82, 2.24) is 9.78 Å². The second-order valence-electron chi connectivity index (χ2n) is 5.37. The van der Waals surface area contributed by atoms with E-state index in [2.05, 4.69) is 48.3 Å². The van der Waals surface area contributed by atoms with Crippen molar-refractivity contribution in [2.24, 2.45) is 0 Å². The average Bonchev–Trinajstić information content (AvgIpc) is 3.02. The number of aryl methyl sites for hydroxylation is 3. The number of hydrogen-bond acceptors (Lipinski definition) is 3. The maximum absolute atomic E-state index is 4.85. The fourth-order valence-electron chi connectivity index (χ4n) is 2.69. The molecule has 3 nitrogen and oxygen atoms in total. The molecule has 0 saturated carbocycles. The van der Waals surface area contributed by atoms with E-state index >= 15 is 0 Å². The minimum Gasteiger partial charge on any atom is -0.369 e. The minimum absolute atomic E-state index is 1.03. The molecule has 0 fully saturated rings. The molecule has 1 aromatic heterocycles. The average molecular weight is 287 g/mol. The minimum atomic E-state index is 1.03. The van der Waals surface area contributed by atoms with Crippen molar-refractivity contribution >= 4 is 17.6 Å². The molecule has 0 amide bonds. The van der Waals surface area contributed by atoms with Crippen molar-refractivity contribution in [3.8, 4) is 5.69 Å². The van der Waals surface area contributed by atoms with Gasteiger partial charge >= 0.3 is 0 Å². The van der Waals surface area contributed by atoms with Crippen LogP contribution < -0.4 is 5.32 Å². The van der Waals surface area contributed by atoms with E-state index in [1.807, 2.05) is 11.8 Å². The molecule has 3 rings (SSSR count). The van der Waals surface area contributed by atoms with Crippen LogP contribution in [0.3, 0.4) is 0 Å². The third-order valence-corrected chi connectivity index (χ3v) is 4.62. The van der Waals surface area contributed by atoms with E-state index in [1.165, 1.54) is 28.2 Å². The summed E-state index contributed by atoms with van der Waals surface area (Å²) >= 11 is 1.88. The summed E-state index contributed by atoms with van der Waals surface area (Å²) < 4.78 is 2.09. The lowest BCUT2D eigenvalue weighted by Gasteiger charge is -2.08. The molecular formula is C16H21N3S. The number of hydrogen-bond donors (Lipinski definition) is 1. The molecule has 1 N–H and O–H groups in total. The van der Waals surface area contributed by atoms with Gasteiger partial charge in [0.1, 0.15) is 5.82 Å². The Morgan fingerprint density at radius 1 is 1.30 bits per heavy atom. The zero-order chi connectivity index (χ0) is 14.1. The summed E-state index contributed by atoms with van der Waals surface area (Å²) in [7, 11) is 0. The summed E-state index contributed by atoms with van der Waals surface area (Å²) in [5, 5.41) is 8.34. The Morgan fingerprint density at radius 3 is 2.90 bits per heavy atom. The van der Waals surface area contributed by atoms with E-state index in [-0.39, 0.29) is 0 Å². The fraction of sp³-hybridized carbons (Fsp3) is 0.438. The molecule has 0 unspecified atom stereocenters. The molecule has 106 valence electrons. The first-order valence-electron chi connectivity index (χ1n) is 7.12. The zero-order valence-electron chi connectivity index (χ0n) is 12.4. The normalized spacial score (nSPS) is 13.3. The smallest absolute Gasteiger partial charge is 0.133 e. The van der Waals surface area contributed by atoms with Crippen molar-refractivity contribution in [1.29, 1.82) is 0 Å². The Kier molecular flexibility index (Phi) is 3.74. The maximum Gasteiger partial charge on any atom is 0.133 e. The van der Waals surface area contributed by atoms with Gasteiger partial charge < -0.3 is 5.32 Å². The summed E-state index contributed by atoms with van der Waals surface area (Å²) in [5.74, 6) is 2.33. The second kappa shape index (κ2) is 5.52. The highest BCUT2D eigenvalue weighted by molar-refractivity contribution is 7.98. The zero-order valence-corrected chi connectivity index (χ0v) is 13.2. The van der Waals surface area contributed by atoms with Gasteiger partial charge in [0.05, 0.1) is 11.4 Å². The summed E-state index contributed by atoms with van der Waals surface area (Å²) in [6.45, 7) is 5.34. The number of anilines is 1. The van der Waals surface area contributed by atoms with Crippen LogP contribution >= 0.6 is 11.8 Å². The molecule has 4 heteroatoms. The van der Waals surface area contributed by atoms with Crippen LogP contribution in [0.5, 0.6) is 0 Å². The van der Waals surface area contributed by atoms with Crippen LogP contribution in [0, 0.1) is 13.8 Å². The van der Waals surface area contributed by atoms with E-state index in [0.717, 1.165) is 30.8 Å². The predicted octanol–water partition coefficient (Wildman–Crippen LogP) is 3.36. The predicted molar refractivity (Wildman–Crippen MR) is 87.3 cm³/mol. The van der Waals surface area contributed by atoms with Crippen molar-refractivity contribution in [3.05, 3.63) is 40.6 Å². The third kappa shape index (κ3) is 2.33. The first kappa shape index (κ1) is 13.6. The van der Waals surface area contributed by atoms with Gasteiger partial charge in [-0.3, -0.25) is 0 Å². The van der Waals surface area contributed by atoms with Gasteiger partial charge in [-0.1, -0.05) is 6.07 Å². The molecule has 0 spiro atoms. The molecule has 2 aromatic rings. The monoisotopic (exact) mass is 287 g/mol. The quantitative estimate of drug-likeness (QED) is 0.935. The fourth-order valence-corrected chi connectivity index (χ4v) is 3.09. The van der Waals surface area contributed by atoms with E-state index in [0.29, 0.717) is 0 Å². The summed E-state index contributed by atoms with van der Waals surface area (Å²) in [5.41, 5.74) is 6.48. The van der Waals surface area contributed by atoms with Crippen LogP contribution in [-0.2, 0) is 12.8 Å². The number of rotatable bonds is 4. The molecule has 1 aromatic carbocycles. The number of aromatic nitrogens is 2. The first-order valence-corrected chi connectivity index (χ1v) is 8.51. The maximum atomic E-state index is 4.85. The van der Waals surface area contributed by atoms with Crippen LogP contribution in [0.25, 0.3) is 5.69 Å². The van der Waals surface area contributed by atoms with Gasteiger partial charge in [-0.2, -0.15) is 16.9 Å². The number of thioether (sulfide) groups is 1. The summed E-state index contributed by atoms with van der Waals surface area (Å²) in [4.78, 5) is 0. The van der Waals surface area contributed by atoms with Crippen molar-refractivity contribution in [2.75, 3.05) is 23.9 Å². The highest BCUT2D eigenvalue weighted by Crippen LogP contribution is 2.29. The Labute approximate surface area is 124 Å². The molecule has 2 heterocycles. The molecular weight excluding hydrogens is 266 g/mol. The van der Waals surface area contributed by atoms with Crippen LogP contribution in [0.4, 0.5) is 5.82 Å². The lowest BCUT2D eigenvalue weighted by Crippen LogP contribution is -2.05. The summed E-state index contributed by atoms with van der Waals surface area (Å²) in [6.07, 6.45) is 4.31. The molecule has 1 aliphatic heterocycles. The molecule has 1 aliphatic rings. The van der Waals surface area contributed by atoms with E-state index in [1.54, 1.807) is 0 Å². The molecule has 0 radical (unpaired) electrons. The van der Waals surface area contributed by atoms with E-state index in [4.69, 9.17) is 5.10 Å². The first-order chi connectivity index (χ1) is 9.70. The van der Waals surface area contributed by atoms with Gasteiger partial charge in [0.25, 0.3) is 0 Å². The largest absolute Gasteiger partial charge is 0.369 e. The Hall–Kier alpha value is -1.42. The summed E-state index contributed by atoms with van der Waals surface area (Å²) in [6, 6.07) is 6.56. The molecule has 0 atom stereocenters. The SMILES string of the molecule is CSCCc1nn(-c2ccc(C)c(C)c2)c2c1CCN2. The Morgan fingerprint density at radius 2 is 2.15 bits per heavy atom. The van der Waals surface area contributed by atoms with Crippen LogP contribution in [0.2, 0.25) is 0 Å². The molecule has 0 aliphatic carbocycles. The van der Waals surface area contributed by atoms with Gasteiger partial charge in [-0.15, -0.1) is 0 Å². The van der Waals surface area contributed by atoms with Crippen molar-refractivity contribution in [3.63, 3.8) is 0 Å². The molecule has 0 saturated heterocycles. The van der Waals surface area contributed by atoms with Crippen molar-refractivity contribution < 1.29 is 0 Å². The van der Waals surface area contributed by atoms with Gasteiger partial charge in [0.2, 0.25) is 0 Å². The number of nitrogens with zero attached hydrogens (tertiary/aromatic N) is 2. The standard InChI is InChI=1S/C16H21N3S/c1-11-4-5-13(10-12(11)2)19-16-14(6-8-17-16)15(18-19)7-9-20-3/h4-5,10,17H,6-9H2,1-3H3. The van der Waals surface area contributed by atoms with Crippen LogP contribution in [0.15, 0.2) is 18.2 Å². The Bertz CT molecular complexity index is 631. The lowest BCUT2D eigenvalue weighted by atomic mass is 10.1. The van der Waals surface area contributed by atoms with E-state index < -0.39 is 0 Å². The van der Waals surface area contributed by atoms with E-state index in [9.17, 15) is 0 Å². The van der Waals surface area contributed by atoms with Gasteiger partial charge in [-0.05, 0) is 55.5 Å². The topological polar surface area (TPSA) is 29.9 Å². The molecule has 20 heavy (non-hydrogen) atoms. The van der Waals surface area contributed by atoms with Gasteiger partial charge in [0, 0.05) is 18.5 Å². The highest BCUT2D eigenvalue weighted by atomic mass is 32.2. The van der Waals surface area contributed by atoms with Crippen molar-refractivity contribution in [2.45, 2.75) is 26.7 Å². The number of fused-ring (bicyclic) bond motifs is 1. The van der Waals surface area contributed by atoms with Crippen LogP contribution in [0.1, 0.15) is 22.4 Å². The number of nitrogens with one attached hydrogen (secondary N) is 1. The molecule has 0 bridgehead atoms. The van der Waals surface area contributed by atoms with Gasteiger partial charge in [-0.25, -0.2) is 4.68 Å². The lowest BCUT2D eigenvalue weighted by molar-refractivity contribution is 0.833. The van der Waals surface area contributed by atoms with Gasteiger partial charge in [0.15, 0.2) is 0 Å². The highest BCUT2D eigenvalue weighted by Gasteiger charge is 2.22. The number of benzene rings is 1. The third-order valence-electron chi connectivity index (χ3n) is 4.01. The Balaban J connectivity index is 2.03. The van der Waals surface area contributed by atoms with Crippen LogP contribution in [-0.4, -0.2) is 28.3 Å².